The van der Waals surface area contributed by atoms with Crippen molar-refractivity contribution in [1.82, 2.24) is 39.3 Å². The van der Waals surface area contributed by atoms with Gasteiger partial charge in [0.15, 0.2) is 17.0 Å². The summed E-state index contributed by atoms with van der Waals surface area (Å²) >= 11 is 5.91. The Morgan fingerprint density at radius 2 is 1.83 bits per heavy atom. The van der Waals surface area contributed by atoms with Crippen LogP contribution in [0.4, 0.5) is 17.6 Å². The number of hydrogen-bond donors (Lipinski definition) is 1. The van der Waals surface area contributed by atoms with Crippen molar-refractivity contribution in [2.75, 3.05) is 0 Å². The molecule has 15 heteroatoms. The molecule has 0 amide bonds. The number of tetrazole rings is 1. The standard InChI is InChI=1S/C21H21ClF4N8O2/c1-2-3-7-32-17-16(27-19(22)28-17)18(35)33(20(32)36)8-4-9-34-30-15(29-31-34)10-12-5-6-13(23)11-14(12)21(24,25)26/h5-6,11H,2-4,7-10H2,1H3,(H,27,28). The van der Waals surface area contributed by atoms with E-state index in [1.807, 2.05) is 6.92 Å². The van der Waals surface area contributed by atoms with Crippen LogP contribution in [-0.2, 0) is 32.2 Å². The minimum absolute atomic E-state index is 0.00122. The number of aromatic nitrogens is 8. The van der Waals surface area contributed by atoms with Crippen LogP contribution in [-0.4, -0.2) is 39.3 Å². The first-order valence-corrected chi connectivity index (χ1v) is 11.5. The highest BCUT2D eigenvalue weighted by Crippen LogP contribution is 2.33. The average molecular weight is 529 g/mol. The number of nitrogens with zero attached hydrogens (tertiary/aromatic N) is 7. The van der Waals surface area contributed by atoms with Crippen molar-refractivity contribution in [2.24, 2.45) is 0 Å². The maximum Gasteiger partial charge on any atom is 0.416 e. The van der Waals surface area contributed by atoms with E-state index in [0.29, 0.717) is 19.0 Å². The zero-order valence-corrected chi connectivity index (χ0v) is 19.8. The van der Waals surface area contributed by atoms with Gasteiger partial charge in [-0.1, -0.05) is 19.4 Å². The van der Waals surface area contributed by atoms with Gasteiger partial charge in [0.1, 0.15) is 5.82 Å². The monoisotopic (exact) mass is 528 g/mol. The lowest BCUT2D eigenvalue weighted by atomic mass is 10.0. The van der Waals surface area contributed by atoms with Crippen LogP contribution < -0.4 is 11.2 Å². The fraction of sp³-hybridized carbons (Fsp3) is 0.429. The molecule has 0 radical (unpaired) electrons. The van der Waals surface area contributed by atoms with Gasteiger partial charge < -0.3 is 4.98 Å². The molecule has 3 heterocycles. The van der Waals surface area contributed by atoms with Gasteiger partial charge in [0, 0.05) is 19.5 Å². The quantitative estimate of drug-likeness (QED) is 0.263. The lowest BCUT2D eigenvalue weighted by Crippen LogP contribution is -2.40. The second kappa shape index (κ2) is 10.2. The summed E-state index contributed by atoms with van der Waals surface area (Å²) in [6.07, 6.45) is -3.24. The van der Waals surface area contributed by atoms with E-state index in [9.17, 15) is 27.2 Å². The molecule has 4 rings (SSSR count). The molecule has 192 valence electrons. The van der Waals surface area contributed by atoms with Crippen LogP contribution in [0.2, 0.25) is 5.28 Å². The molecule has 1 N–H and O–H groups in total. The summed E-state index contributed by atoms with van der Waals surface area (Å²) in [6.45, 7) is 2.51. The second-order valence-corrected chi connectivity index (χ2v) is 8.46. The first kappa shape index (κ1) is 25.5. The molecule has 0 unspecified atom stereocenters. The van der Waals surface area contributed by atoms with Crippen LogP contribution >= 0.6 is 11.6 Å². The Balaban J connectivity index is 1.49. The first-order chi connectivity index (χ1) is 17.1. The minimum atomic E-state index is -4.73. The molecule has 1 aromatic carbocycles. The van der Waals surface area contributed by atoms with E-state index in [2.05, 4.69) is 25.4 Å². The van der Waals surface area contributed by atoms with E-state index in [4.69, 9.17) is 11.6 Å². The smallest absolute Gasteiger partial charge is 0.323 e. The SMILES string of the molecule is CCCCn1c(=O)n(CCCn2nnc(Cc3ccc(F)cc3C(F)(F)F)n2)c(=O)c2[nH]c(Cl)nc21. The number of halogens is 5. The molecule has 0 aliphatic rings. The second-order valence-electron chi connectivity index (χ2n) is 8.10. The van der Waals surface area contributed by atoms with Crippen molar-refractivity contribution in [3.8, 4) is 0 Å². The molecule has 0 aliphatic heterocycles. The summed E-state index contributed by atoms with van der Waals surface area (Å²) in [5.41, 5.74) is -2.06. The van der Waals surface area contributed by atoms with Crippen LogP contribution in [0.3, 0.4) is 0 Å². The summed E-state index contributed by atoms with van der Waals surface area (Å²) in [7, 11) is 0. The number of rotatable bonds is 9. The van der Waals surface area contributed by atoms with Gasteiger partial charge in [-0.3, -0.25) is 13.9 Å². The Morgan fingerprint density at radius 3 is 2.56 bits per heavy atom. The largest absolute Gasteiger partial charge is 0.416 e. The third kappa shape index (κ3) is 5.32. The van der Waals surface area contributed by atoms with Crippen molar-refractivity contribution in [1.29, 1.82) is 0 Å². The first-order valence-electron chi connectivity index (χ1n) is 11.1. The molecule has 0 atom stereocenters. The summed E-state index contributed by atoms with van der Waals surface area (Å²) in [5.74, 6) is -0.984. The number of hydrogen-bond acceptors (Lipinski definition) is 6. The molecule has 0 aliphatic carbocycles. The van der Waals surface area contributed by atoms with Gasteiger partial charge in [0.25, 0.3) is 5.56 Å². The topological polar surface area (TPSA) is 116 Å². The molecule has 10 nitrogen and oxygen atoms in total. The molecular formula is C21H21ClF4N8O2. The molecule has 36 heavy (non-hydrogen) atoms. The van der Waals surface area contributed by atoms with E-state index in [0.717, 1.165) is 23.1 Å². The number of aryl methyl sites for hydroxylation is 2. The van der Waals surface area contributed by atoms with Crippen LogP contribution in [0.25, 0.3) is 11.2 Å². The Hall–Kier alpha value is -3.55. The summed E-state index contributed by atoms with van der Waals surface area (Å²) in [4.78, 5) is 33.7. The Morgan fingerprint density at radius 1 is 1.08 bits per heavy atom. The van der Waals surface area contributed by atoms with E-state index in [1.165, 1.54) is 9.36 Å². The number of aromatic amines is 1. The fourth-order valence-electron chi connectivity index (χ4n) is 3.80. The van der Waals surface area contributed by atoms with Gasteiger partial charge in [-0.2, -0.15) is 23.0 Å². The maximum absolute atomic E-state index is 13.3. The predicted molar refractivity (Wildman–Crippen MR) is 121 cm³/mol. The zero-order chi connectivity index (χ0) is 26.0. The molecule has 0 saturated carbocycles. The van der Waals surface area contributed by atoms with Crippen molar-refractivity contribution < 1.29 is 17.6 Å². The lowest BCUT2D eigenvalue weighted by molar-refractivity contribution is -0.138. The Kier molecular flexibility index (Phi) is 7.24. The van der Waals surface area contributed by atoms with Gasteiger partial charge in [0.2, 0.25) is 5.28 Å². The van der Waals surface area contributed by atoms with E-state index < -0.39 is 28.8 Å². The zero-order valence-electron chi connectivity index (χ0n) is 19.0. The molecule has 4 aromatic rings. The Bertz CT molecular complexity index is 1500. The summed E-state index contributed by atoms with van der Waals surface area (Å²) in [5, 5.41) is 11.7. The number of nitrogens with one attached hydrogen (secondary N) is 1. The van der Waals surface area contributed by atoms with Crippen molar-refractivity contribution in [3.05, 3.63) is 67.1 Å². The molecule has 0 spiro atoms. The number of benzene rings is 1. The Labute approximate surface area is 205 Å². The van der Waals surface area contributed by atoms with E-state index in [-0.39, 0.29) is 53.8 Å². The highest BCUT2D eigenvalue weighted by Gasteiger charge is 2.34. The van der Waals surface area contributed by atoms with Crippen LogP contribution in [0, 0.1) is 5.82 Å². The van der Waals surface area contributed by atoms with E-state index in [1.54, 1.807) is 0 Å². The third-order valence-corrected chi connectivity index (χ3v) is 5.71. The van der Waals surface area contributed by atoms with Gasteiger partial charge in [-0.25, -0.2) is 9.18 Å². The maximum atomic E-state index is 13.3. The van der Waals surface area contributed by atoms with E-state index >= 15 is 0 Å². The number of unbranched alkanes of at least 4 members (excludes halogenated alkanes) is 1. The van der Waals surface area contributed by atoms with Crippen molar-refractivity contribution in [3.63, 3.8) is 0 Å². The van der Waals surface area contributed by atoms with Gasteiger partial charge in [-0.05, 0) is 47.4 Å². The average Bonchev–Trinajstić information content (AvgIpc) is 3.43. The number of alkyl halides is 3. The fourth-order valence-corrected chi connectivity index (χ4v) is 3.98. The van der Waals surface area contributed by atoms with Crippen molar-refractivity contribution in [2.45, 2.75) is 58.4 Å². The minimum Gasteiger partial charge on any atom is -0.323 e. The summed E-state index contributed by atoms with van der Waals surface area (Å²) in [6, 6.07) is 2.39. The van der Waals surface area contributed by atoms with Gasteiger partial charge in [-0.15, -0.1) is 10.2 Å². The molecule has 0 fully saturated rings. The predicted octanol–water partition coefficient (Wildman–Crippen LogP) is 3.17. The number of fused-ring (bicyclic) bond motifs is 1. The lowest BCUT2D eigenvalue weighted by Gasteiger charge is -2.11. The van der Waals surface area contributed by atoms with Gasteiger partial charge in [0.05, 0.1) is 12.1 Å². The number of H-pyrrole nitrogens is 1. The molecule has 0 bridgehead atoms. The van der Waals surface area contributed by atoms with Crippen molar-refractivity contribution >= 4 is 22.8 Å². The van der Waals surface area contributed by atoms with Crippen LogP contribution in [0.1, 0.15) is 43.1 Å². The highest BCUT2D eigenvalue weighted by atomic mass is 35.5. The number of imidazole rings is 1. The molecule has 0 saturated heterocycles. The molecular weight excluding hydrogens is 508 g/mol. The van der Waals surface area contributed by atoms with Crippen LogP contribution in [0.5, 0.6) is 0 Å². The summed E-state index contributed by atoms with van der Waals surface area (Å²) < 4.78 is 55.5. The third-order valence-electron chi connectivity index (χ3n) is 5.53. The molecule has 3 aromatic heterocycles. The van der Waals surface area contributed by atoms with Gasteiger partial charge >= 0.3 is 11.9 Å². The normalized spacial score (nSPS) is 12.1. The van der Waals surface area contributed by atoms with Crippen LogP contribution in [0.15, 0.2) is 27.8 Å². The highest BCUT2D eigenvalue weighted by molar-refractivity contribution is 6.28.